The van der Waals surface area contributed by atoms with Crippen LogP contribution in [0.1, 0.15) is 22.0 Å². The van der Waals surface area contributed by atoms with Gasteiger partial charge in [-0.15, -0.1) is 0 Å². The molecule has 5 rings (SSSR count). The van der Waals surface area contributed by atoms with Gasteiger partial charge >= 0.3 is 5.97 Å². The molecule has 0 N–H and O–H groups in total. The Morgan fingerprint density at radius 1 is 0.824 bits per heavy atom. The maximum Gasteiger partial charge on any atom is 0.337 e. The molecule has 2 aliphatic heterocycles. The second-order valence-corrected chi connectivity index (χ2v) is 7.98. The minimum Gasteiger partial charge on any atom is -0.497 e. The molecule has 0 saturated carbocycles. The van der Waals surface area contributed by atoms with Crippen LogP contribution in [0.3, 0.4) is 0 Å². The predicted molar refractivity (Wildman–Crippen MR) is 123 cm³/mol. The van der Waals surface area contributed by atoms with Gasteiger partial charge in [0.05, 0.1) is 37.2 Å². The number of nitrogens with zero attached hydrogens (tertiary/aromatic N) is 2. The van der Waals surface area contributed by atoms with Crippen molar-refractivity contribution in [2.24, 2.45) is 5.92 Å². The summed E-state index contributed by atoms with van der Waals surface area (Å²) in [5.74, 6) is -1.36. The molecule has 3 aromatic carbocycles. The van der Waals surface area contributed by atoms with E-state index in [2.05, 4.69) is 0 Å². The first-order valence-corrected chi connectivity index (χ1v) is 10.7. The first kappa shape index (κ1) is 21.7. The van der Waals surface area contributed by atoms with Crippen LogP contribution in [0.5, 0.6) is 5.75 Å². The Morgan fingerprint density at radius 2 is 1.50 bits per heavy atom. The van der Waals surface area contributed by atoms with Crippen LogP contribution in [-0.2, 0) is 19.2 Å². The Balaban J connectivity index is 1.54. The predicted octanol–water partition coefficient (Wildman–Crippen LogP) is 3.53. The number of esters is 1. The van der Waals surface area contributed by atoms with Gasteiger partial charge in [0, 0.05) is 0 Å². The monoisotopic (exact) mass is 458 g/mol. The van der Waals surface area contributed by atoms with Crippen molar-refractivity contribution in [3.8, 4) is 5.75 Å². The van der Waals surface area contributed by atoms with Gasteiger partial charge in [0.1, 0.15) is 11.7 Å². The summed E-state index contributed by atoms with van der Waals surface area (Å²) in [6, 6.07) is 22.3. The third kappa shape index (κ3) is 3.48. The maximum atomic E-state index is 13.6. The summed E-state index contributed by atoms with van der Waals surface area (Å²) in [4.78, 5) is 46.2. The Labute approximate surface area is 196 Å². The summed E-state index contributed by atoms with van der Waals surface area (Å²) in [6.07, 6.45) is -0.972. The van der Waals surface area contributed by atoms with Gasteiger partial charge < -0.3 is 9.47 Å². The van der Waals surface area contributed by atoms with E-state index in [4.69, 9.17) is 14.3 Å². The van der Waals surface area contributed by atoms with Gasteiger partial charge in [-0.05, 0) is 54.1 Å². The summed E-state index contributed by atoms with van der Waals surface area (Å²) in [5.41, 5.74) is 2.30. The van der Waals surface area contributed by atoms with Crippen LogP contribution in [0.2, 0.25) is 0 Å². The smallest absolute Gasteiger partial charge is 0.337 e. The van der Waals surface area contributed by atoms with Crippen molar-refractivity contribution in [1.29, 1.82) is 0 Å². The number of hydroxylamine groups is 1. The minimum atomic E-state index is -0.972. The molecular weight excluding hydrogens is 436 g/mol. The Bertz CT molecular complexity index is 1230. The maximum absolute atomic E-state index is 13.6. The number of ether oxygens (including phenoxy) is 2. The van der Waals surface area contributed by atoms with E-state index in [1.165, 1.54) is 12.0 Å². The molecule has 2 saturated heterocycles. The van der Waals surface area contributed by atoms with Gasteiger partial charge in [0.15, 0.2) is 6.10 Å². The fraction of sp³-hybridized carbons (Fsp3) is 0.192. The van der Waals surface area contributed by atoms with Crippen molar-refractivity contribution in [3.63, 3.8) is 0 Å². The third-order valence-corrected chi connectivity index (χ3v) is 6.13. The normalized spacial score (nSPS) is 21.5. The van der Waals surface area contributed by atoms with Gasteiger partial charge in [-0.3, -0.25) is 14.4 Å². The zero-order valence-electron chi connectivity index (χ0n) is 18.6. The third-order valence-electron chi connectivity index (χ3n) is 6.13. The van der Waals surface area contributed by atoms with E-state index in [9.17, 15) is 14.4 Å². The fourth-order valence-electron chi connectivity index (χ4n) is 4.47. The Kier molecular flexibility index (Phi) is 5.51. The summed E-state index contributed by atoms with van der Waals surface area (Å²) >= 11 is 0. The van der Waals surface area contributed by atoms with Crippen molar-refractivity contribution in [2.45, 2.75) is 12.1 Å². The number of anilines is 2. The molecule has 0 aliphatic carbocycles. The Morgan fingerprint density at radius 3 is 2.12 bits per heavy atom. The minimum absolute atomic E-state index is 0.347. The number of rotatable bonds is 5. The van der Waals surface area contributed by atoms with E-state index in [-0.39, 0.29) is 5.91 Å². The van der Waals surface area contributed by atoms with E-state index >= 15 is 0 Å². The molecule has 3 aromatic rings. The first-order chi connectivity index (χ1) is 16.5. The first-order valence-electron chi connectivity index (χ1n) is 10.7. The molecule has 0 unspecified atom stereocenters. The highest BCUT2D eigenvalue weighted by atomic mass is 16.7. The molecule has 0 radical (unpaired) electrons. The zero-order valence-corrected chi connectivity index (χ0v) is 18.6. The number of amides is 2. The van der Waals surface area contributed by atoms with Crippen LogP contribution < -0.4 is 14.7 Å². The molecule has 2 aliphatic rings. The standard InChI is InChI=1S/C26H22N2O6/c1-32-20-14-12-18(13-15-20)27-24(29)21-22(16-8-10-17(11-9-16)26(31)33-2)28(34-23(21)25(27)30)19-6-4-3-5-7-19/h3-15,21-23H,1-2H3/t21-,22+,23+/m1/s1. The molecule has 8 nitrogen and oxygen atoms in total. The van der Waals surface area contributed by atoms with E-state index in [1.54, 1.807) is 60.7 Å². The quantitative estimate of drug-likeness (QED) is 0.427. The highest BCUT2D eigenvalue weighted by Gasteiger charge is 2.60. The second-order valence-electron chi connectivity index (χ2n) is 7.98. The van der Waals surface area contributed by atoms with Gasteiger partial charge in [-0.25, -0.2) is 14.8 Å². The topological polar surface area (TPSA) is 85.4 Å². The summed E-state index contributed by atoms with van der Waals surface area (Å²) in [5, 5.41) is 1.61. The van der Waals surface area contributed by atoms with Gasteiger partial charge in [-0.1, -0.05) is 30.3 Å². The molecule has 2 heterocycles. The molecular formula is C26H22N2O6. The lowest BCUT2D eigenvalue weighted by atomic mass is 9.90. The van der Waals surface area contributed by atoms with E-state index in [1.807, 2.05) is 30.3 Å². The van der Waals surface area contributed by atoms with Crippen LogP contribution >= 0.6 is 0 Å². The average molecular weight is 458 g/mol. The molecule has 8 heteroatoms. The number of benzene rings is 3. The van der Waals surface area contributed by atoms with Crippen LogP contribution in [0.25, 0.3) is 0 Å². The number of imide groups is 1. The second kappa shape index (κ2) is 8.64. The average Bonchev–Trinajstić information content (AvgIpc) is 3.40. The van der Waals surface area contributed by atoms with Crippen LogP contribution in [0.15, 0.2) is 78.9 Å². The van der Waals surface area contributed by atoms with Crippen LogP contribution in [0, 0.1) is 5.92 Å². The fourth-order valence-corrected chi connectivity index (χ4v) is 4.47. The molecule has 3 atom stereocenters. The molecule has 2 amide bonds. The summed E-state index contributed by atoms with van der Waals surface area (Å²) < 4.78 is 9.96. The van der Waals surface area contributed by atoms with Crippen molar-refractivity contribution in [1.82, 2.24) is 0 Å². The SMILES string of the molecule is COC(=O)c1ccc([C@H]2[C@H]3C(=O)N(c4ccc(OC)cc4)C(=O)[C@H]3ON2c2ccccc2)cc1. The van der Waals surface area contributed by atoms with E-state index < -0.39 is 29.9 Å². The largest absolute Gasteiger partial charge is 0.497 e. The highest BCUT2D eigenvalue weighted by Crippen LogP contribution is 2.47. The van der Waals surface area contributed by atoms with Crippen LogP contribution in [0.4, 0.5) is 11.4 Å². The lowest BCUT2D eigenvalue weighted by Crippen LogP contribution is -2.37. The van der Waals surface area contributed by atoms with Crippen molar-refractivity contribution >= 4 is 29.2 Å². The van der Waals surface area contributed by atoms with Crippen molar-refractivity contribution < 1.29 is 28.7 Å². The van der Waals surface area contributed by atoms with Gasteiger partial charge in [0.25, 0.3) is 5.91 Å². The number of para-hydroxylation sites is 1. The number of fused-ring (bicyclic) bond motifs is 1. The molecule has 172 valence electrons. The summed E-state index contributed by atoms with van der Waals surface area (Å²) in [6.45, 7) is 0. The highest BCUT2D eigenvalue weighted by molar-refractivity contribution is 6.23. The Hall–Kier alpha value is -4.17. The molecule has 34 heavy (non-hydrogen) atoms. The number of hydrogen-bond donors (Lipinski definition) is 0. The van der Waals surface area contributed by atoms with Crippen LogP contribution in [-0.4, -0.2) is 38.1 Å². The van der Waals surface area contributed by atoms with E-state index in [0.717, 1.165) is 11.3 Å². The number of methoxy groups -OCH3 is 2. The summed E-state index contributed by atoms with van der Waals surface area (Å²) in [7, 11) is 2.87. The van der Waals surface area contributed by atoms with Gasteiger partial charge in [-0.2, -0.15) is 0 Å². The number of hydrogen-bond acceptors (Lipinski definition) is 7. The van der Waals surface area contributed by atoms with Crippen molar-refractivity contribution in [3.05, 3.63) is 90.0 Å². The lowest BCUT2D eigenvalue weighted by Gasteiger charge is -2.28. The van der Waals surface area contributed by atoms with Crippen molar-refractivity contribution in [2.75, 3.05) is 24.2 Å². The van der Waals surface area contributed by atoms with Gasteiger partial charge in [0.2, 0.25) is 5.91 Å². The number of carbonyl (C=O) groups is 3. The molecule has 0 bridgehead atoms. The zero-order chi connectivity index (χ0) is 23.8. The molecule has 0 spiro atoms. The van der Waals surface area contributed by atoms with E-state index in [0.29, 0.717) is 17.0 Å². The lowest BCUT2D eigenvalue weighted by molar-refractivity contribution is -0.126. The number of carbonyl (C=O) groups excluding carboxylic acids is 3. The molecule has 0 aromatic heterocycles. The molecule has 2 fully saturated rings.